The van der Waals surface area contributed by atoms with Crippen molar-refractivity contribution < 1.29 is 14.3 Å². The van der Waals surface area contributed by atoms with E-state index < -0.39 is 5.41 Å². The van der Waals surface area contributed by atoms with Crippen molar-refractivity contribution in [3.63, 3.8) is 0 Å². The molecule has 0 aliphatic carbocycles. The van der Waals surface area contributed by atoms with E-state index in [0.29, 0.717) is 30.2 Å². The molecule has 4 nitrogen and oxygen atoms in total. The third-order valence-corrected chi connectivity index (χ3v) is 4.52. The fraction of sp³-hybridized carbons (Fsp3) is 0.333. The van der Waals surface area contributed by atoms with Gasteiger partial charge in [-0.25, -0.2) is 0 Å². The van der Waals surface area contributed by atoms with Crippen LogP contribution in [0.2, 0.25) is 5.02 Å². The van der Waals surface area contributed by atoms with Crippen molar-refractivity contribution in [1.82, 2.24) is 5.32 Å². The SMILES string of the molecule is CCOC(=O)C(C)(C)c1ccc(CCNC(=O)c2ccc(Cl)cc2)cc1. The number of hydrogen-bond acceptors (Lipinski definition) is 3. The standard InChI is InChI=1S/C21H24ClNO3/c1-4-26-20(25)21(2,3)17-9-5-15(6-10-17)13-14-23-19(24)16-7-11-18(22)12-8-16/h5-12H,4,13-14H2,1-3H3,(H,23,24). The number of amides is 1. The molecule has 2 rings (SSSR count). The van der Waals surface area contributed by atoms with E-state index in [1.807, 2.05) is 38.1 Å². The highest BCUT2D eigenvalue weighted by molar-refractivity contribution is 6.30. The lowest BCUT2D eigenvalue weighted by atomic mass is 9.84. The molecule has 0 spiro atoms. The predicted octanol–water partition coefficient (Wildman–Crippen LogP) is 4.15. The van der Waals surface area contributed by atoms with Gasteiger partial charge in [-0.3, -0.25) is 9.59 Å². The molecule has 2 aromatic carbocycles. The molecule has 138 valence electrons. The van der Waals surface area contributed by atoms with Crippen molar-refractivity contribution in [3.8, 4) is 0 Å². The second kappa shape index (κ2) is 8.86. The van der Waals surface area contributed by atoms with Gasteiger partial charge in [0.1, 0.15) is 0 Å². The lowest BCUT2D eigenvalue weighted by molar-refractivity contribution is -0.148. The van der Waals surface area contributed by atoms with Crippen LogP contribution >= 0.6 is 11.6 Å². The Labute approximate surface area is 159 Å². The Morgan fingerprint density at radius 3 is 2.23 bits per heavy atom. The Morgan fingerprint density at radius 1 is 1.04 bits per heavy atom. The predicted molar refractivity (Wildman–Crippen MR) is 104 cm³/mol. The second-order valence-corrected chi connectivity index (χ2v) is 6.99. The molecule has 0 aromatic heterocycles. The molecule has 0 unspecified atom stereocenters. The van der Waals surface area contributed by atoms with Gasteiger partial charge in [0.05, 0.1) is 12.0 Å². The van der Waals surface area contributed by atoms with Crippen LogP contribution in [0, 0.1) is 0 Å². The molecule has 0 radical (unpaired) electrons. The summed E-state index contributed by atoms with van der Waals surface area (Å²) in [5.41, 5.74) is 1.90. The zero-order valence-corrected chi connectivity index (χ0v) is 16.1. The first kappa shape index (κ1) is 20.0. The van der Waals surface area contributed by atoms with Crippen molar-refractivity contribution in [2.24, 2.45) is 0 Å². The first-order valence-electron chi connectivity index (χ1n) is 8.65. The van der Waals surface area contributed by atoms with E-state index >= 15 is 0 Å². The first-order valence-corrected chi connectivity index (χ1v) is 9.02. The van der Waals surface area contributed by atoms with E-state index in [9.17, 15) is 9.59 Å². The van der Waals surface area contributed by atoms with Gasteiger partial charge in [-0.15, -0.1) is 0 Å². The molecule has 0 aliphatic heterocycles. The van der Waals surface area contributed by atoms with Crippen LogP contribution in [-0.4, -0.2) is 25.0 Å². The third-order valence-electron chi connectivity index (χ3n) is 4.27. The maximum absolute atomic E-state index is 12.1. The highest BCUT2D eigenvalue weighted by Gasteiger charge is 2.31. The van der Waals surface area contributed by atoms with Crippen molar-refractivity contribution in [3.05, 3.63) is 70.2 Å². The number of rotatable bonds is 7. The number of carbonyl (C=O) groups is 2. The Morgan fingerprint density at radius 2 is 1.65 bits per heavy atom. The third kappa shape index (κ3) is 5.09. The average Bonchev–Trinajstić information content (AvgIpc) is 2.63. The Balaban J connectivity index is 1.90. The van der Waals surface area contributed by atoms with E-state index in [1.165, 1.54) is 0 Å². The summed E-state index contributed by atoms with van der Waals surface area (Å²) in [5.74, 6) is -0.357. The average molecular weight is 374 g/mol. The summed E-state index contributed by atoms with van der Waals surface area (Å²) in [6, 6.07) is 14.6. The molecular weight excluding hydrogens is 350 g/mol. The van der Waals surface area contributed by atoms with Crippen LogP contribution in [-0.2, 0) is 21.4 Å². The second-order valence-electron chi connectivity index (χ2n) is 6.56. The molecule has 0 saturated heterocycles. The highest BCUT2D eigenvalue weighted by Crippen LogP contribution is 2.25. The first-order chi connectivity index (χ1) is 12.3. The van der Waals surface area contributed by atoms with E-state index in [2.05, 4.69) is 5.32 Å². The van der Waals surface area contributed by atoms with E-state index in [4.69, 9.17) is 16.3 Å². The van der Waals surface area contributed by atoms with Gasteiger partial charge in [0.25, 0.3) is 5.91 Å². The van der Waals surface area contributed by atoms with Crippen molar-refractivity contribution in [2.75, 3.05) is 13.2 Å². The maximum Gasteiger partial charge on any atom is 0.315 e. The summed E-state index contributed by atoms with van der Waals surface area (Å²) < 4.78 is 5.14. The van der Waals surface area contributed by atoms with Gasteiger partial charge in [0.2, 0.25) is 0 Å². The largest absolute Gasteiger partial charge is 0.465 e. The van der Waals surface area contributed by atoms with Crippen molar-refractivity contribution in [2.45, 2.75) is 32.6 Å². The molecule has 5 heteroatoms. The zero-order chi connectivity index (χ0) is 19.2. The molecule has 0 aliphatic rings. The van der Waals surface area contributed by atoms with Crippen LogP contribution < -0.4 is 5.32 Å². The maximum atomic E-state index is 12.1. The van der Waals surface area contributed by atoms with Crippen LogP contribution in [0.3, 0.4) is 0 Å². The van der Waals surface area contributed by atoms with Gasteiger partial charge in [0.15, 0.2) is 0 Å². The normalized spacial score (nSPS) is 11.1. The van der Waals surface area contributed by atoms with Crippen LogP contribution in [0.5, 0.6) is 0 Å². The zero-order valence-electron chi connectivity index (χ0n) is 15.3. The molecule has 0 saturated carbocycles. The lowest BCUT2D eigenvalue weighted by Crippen LogP contribution is -2.31. The number of halogens is 1. The number of ether oxygens (including phenoxy) is 1. The molecule has 0 bridgehead atoms. The Kier molecular flexibility index (Phi) is 6.81. The topological polar surface area (TPSA) is 55.4 Å². The van der Waals surface area contributed by atoms with Crippen LogP contribution in [0.1, 0.15) is 42.3 Å². The number of nitrogens with one attached hydrogen (secondary N) is 1. The molecule has 0 heterocycles. The minimum Gasteiger partial charge on any atom is -0.465 e. The molecule has 1 amide bonds. The smallest absolute Gasteiger partial charge is 0.315 e. The molecule has 26 heavy (non-hydrogen) atoms. The van der Waals surface area contributed by atoms with Crippen LogP contribution in [0.15, 0.2) is 48.5 Å². The van der Waals surface area contributed by atoms with Gasteiger partial charge in [-0.05, 0) is 62.6 Å². The fourth-order valence-corrected chi connectivity index (χ4v) is 2.67. The summed E-state index contributed by atoms with van der Waals surface area (Å²) in [5, 5.41) is 3.49. The highest BCUT2D eigenvalue weighted by atomic mass is 35.5. The summed E-state index contributed by atoms with van der Waals surface area (Å²) in [6.07, 6.45) is 0.708. The van der Waals surface area contributed by atoms with Crippen LogP contribution in [0.25, 0.3) is 0 Å². The molecule has 2 aromatic rings. The van der Waals surface area contributed by atoms with Crippen LogP contribution in [0.4, 0.5) is 0 Å². The molecule has 0 atom stereocenters. The quantitative estimate of drug-likeness (QED) is 0.741. The summed E-state index contributed by atoms with van der Waals surface area (Å²) >= 11 is 5.82. The van der Waals surface area contributed by atoms with Gasteiger partial charge in [-0.1, -0.05) is 35.9 Å². The molecule has 1 N–H and O–H groups in total. The van der Waals surface area contributed by atoms with E-state index in [1.54, 1.807) is 31.2 Å². The van der Waals surface area contributed by atoms with Gasteiger partial charge in [-0.2, -0.15) is 0 Å². The minimum atomic E-state index is -0.683. The summed E-state index contributed by atoms with van der Waals surface area (Å²) in [6.45, 7) is 6.41. The van der Waals surface area contributed by atoms with Gasteiger partial charge < -0.3 is 10.1 Å². The Bertz CT molecular complexity index is 752. The molecular formula is C21H24ClNO3. The van der Waals surface area contributed by atoms with E-state index in [0.717, 1.165) is 11.1 Å². The number of carbonyl (C=O) groups excluding carboxylic acids is 2. The van der Waals surface area contributed by atoms with Gasteiger partial charge in [0, 0.05) is 17.1 Å². The van der Waals surface area contributed by atoms with Gasteiger partial charge >= 0.3 is 5.97 Å². The number of hydrogen-bond donors (Lipinski definition) is 1. The summed E-state index contributed by atoms with van der Waals surface area (Å²) in [4.78, 5) is 24.1. The fourth-order valence-electron chi connectivity index (χ4n) is 2.54. The van der Waals surface area contributed by atoms with Crippen molar-refractivity contribution >= 4 is 23.5 Å². The number of benzene rings is 2. The van der Waals surface area contributed by atoms with E-state index in [-0.39, 0.29) is 11.9 Å². The lowest BCUT2D eigenvalue weighted by Gasteiger charge is -2.23. The minimum absolute atomic E-state index is 0.123. The van der Waals surface area contributed by atoms with Crippen molar-refractivity contribution in [1.29, 1.82) is 0 Å². The monoisotopic (exact) mass is 373 g/mol. The molecule has 0 fully saturated rings. The Hall–Kier alpha value is -2.33. The number of esters is 1. The summed E-state index contributed by atoms with van der Waals surface area (Å²) in [7, 11) is 0.